The van der Waals surface area contributed by atoms with E-state index in [9.17, 15) is 4.79 Å². The van der Waals surface area contributed by atoms with Crippen LogP contribution in [-0.2, 0) is 11.3 Å². The quantitative estimate of drug-likeness (QED) is 0.360. The van der Waals surface area contributed by atoms with E-state index in [-0.39, 0.29) is 5.91 Å². The van der Waals surface area contributed by atoms with Crippen LogP contribution in [0.3, 0.4) is 0 Å². The van der Waals surface area contributed by atoms with Gasteiger partial charge in [-0.25, -0.2) is 9.67 Å². The molecule has 0 saturated heterocycles. The van der Waals surface area contributed by atoms with Crippen molar-refractivity contribution in [3.63, 3.8) is 0 Å². The molecule has 1 amide bonds. The number of benzene rings is 2. The summed E-state index contributed by atoms with van der Waals surface area (Å²) in [4.78, 5) is 17.7. The third kappa shape index (κ3) is 4.55. The molecule has 2 aromatic heterocycles. The normalized spacial score (nSPS) is 11.2. The third-order valence-corrected chi connectivity index (χ3v) is 5.61. The number of amides is 1. The predicted octanol–water partition coefficient (Wildman–Crippen LogP) is 4.97. The molecule has 2 heterocycles. The maximum Gasteiger partial charge on any atom is 0.261 e. The fourth-order valence-electron chi connectivity index (χ4n) is 3.51. The number of nitrogens with one attached hydrogen (secondary N) is 1. The minimum atomic E-state index is -0.234. The van der Waals surface area contributed by atoms with E-state index < -0.39 is 0 Å². The van der Waals surface area contributed by atoms with Crippen LogP contribution in [0.25, 0.3) is 16.7 Å². The number of aryl methyl sites for hydroxylation is 1. The first-order chi connectivity index (χ1) is 15.1. The Morgan fingerprint density at radius 2 is 1.94 bits per heavy atom. The topological polar surface area (TPSA) is 74.0 Å². The molecule has 0 radical (unpaired) electrons. The second-order valence-corrected chi connectivity index (χ2v) is 8.03. The number of fused-ring (bicyclic) bond motifs is 1. The lowest BCUT2D eigenvalue weighted by molar-refractivity contribution is 0.102. The first-order valence-corrected chi connectivity index (χ1v) is 11.0. The van der Waals surface area contributed by atoms with Crippen molar-refractivity contribution in [3.05, 3.63) is 70.5 Å². The van der Waals surface area contributed by atoms with Crippen molar-refractivity contribution in [3.8, 4) is 5.69 Å². The summed E-state index contributed by atoms with van der Waals surface area (Å²) in [6.45, 7) is 5.92. The molecule has 0 fully saturated rings. The molecule has 4 aromatic rings. The Balaban J connectivity index is 1.59. The first-order valence-electron chi connectivity index (χ1n) is 10.2. The van der Waals surface area contributed by atoms with Gasteiger partial charge in [-0.3, -0.25) is 10.1 Å². The number of halogens is 1. The minimum absolute atomic E-state index is 0.234. The zero-order valence-corrected chi connectivity index (χ0v) is 19.1. The molecular weight excluding hydrogens is 458 g/mol. The number of imidazole rings is 1. The molecule has 0 spiro atoms. The molecule has 0 saturated carbocycles. The molecule has 0 aliphatic rings. The molecule has 0 unspecified atom stereocenters. The molecular formula is C23H24BrN5O2. The highest BCUT2D eigenvalue weighted by Crippen LogP contribution is 2.22. The van der Waals surface area contributed by atoms with E-state index >= 15 is 0 Å². The van der Waals surface area contributed by atoms with Crippen LogP contribution < -0.4 is 5.32 Å². The molecule has 31 heavy (non-hydrogen) atoms. The zero-order chi connectivity index (χ0) is 21.8. The van der Waals surface area contributed by atoms with Crippen LogP contribution in [0.1, 0.15) is 29.4 Å². The number of ether oxygens (including phenoxy) is 1. The highest BCUT2D eigenvalue weighted by Gasteiger charge is 2.19. The largest absolute Gasteiger partial charge is 0.382 e. The monoisotopic (exact) mass is 481 g/mol. The second kappa shape index (κ2) is 9.45. The highest BCUT2D eigenvalue weighted by molar-refractivity contribution is 9.10. The van der Waals surface area contributed by atoms with E-state index in [1.807, 2.05) is 66.9 Å². The van der Waals surface area contributed by atoms with E-state index in [1.165, 1.54) is 0 Å². The second-order valence-electron chi connectivity index (χ2n) is 7.11. The lowest BCUT2D eigenvalue weighted by atomic mass is 10.2. The standard InChI is InChI=1S/C23H24BrN5O2/c1-3-31-14-6-13-28-21-8-5-4-7-20(21)26-23(28)27-22(30)19-15-25-29(16(19)2)18-11-9-17(24)10-12-18/h4-5,7-12,15H,3,6,13-14H2,1-2H3,(H,26,27,30). The van der Waals surface area contributed by atoms with Gasteiger partial charge in [0.1, 0.15) is 0 Å². The summed E-state index contributed by atoms with van der Waals surface area (Å²) in [6.07, 6.45) is 2.42. The van der Waals surface area contributed by atoms with Gasteiger partial charge in [-0.05, 0) is 56.7 Å². The number of aromatic nitrogens is 4. The van der Waals surface area contributed by atoms with Gasteiger partial charge in [0.15, 0.2) is 0 Å². The van der Waals surface area contributed by atoms with Crippen molar-refractivity contribution in [1.82, 2.24) is 19.3 Å². The summed E-state index contributed by atoms with van der Waals surface area (Å²) in [7, 11) is 0. The fraction of sp³-hybridized carbons (Fsp3) is 0.261. The van der Waals surface area contributed by atoms with Crippen molar-refractivity contribution >= 4 is 38.8 Å². The van der Waals surface area contributed by atoms with Gasteiger partial charge in [0.25, 0.3) is 5.91 Å². The van der Waals surface area contributed by atoms with E-state index in [2.05, 4.69) is 31.3 Å². The summed E-state index contributed by atoms with van der Waals surface area (Å²) in [5.74, 6) is 0.292. The lowest BCUT2D eigenvalue weighted by Gasteiger charge is -2.10. The lowest BCUT2D eigenvalue weighted by Crippen LogP contribution is -2.17. The summed E-state index contributed by atoms with van der Waals surface area (Å²) in [6, 6.07) is 15.7. The van der Waals surface area contributed by atoms with E-state index in [0.717, 1.165) is 33.3 Å². The summed E-state index contributed by atoms with van der Waals surface area (Å²) >= 11 is 3.44. The Kier molecular flexibility index (Phi) is 6.48. The third-order valence-electron chi connectivity index (χ3n) is 5.08. The van der Waals surface area contributed by atoms with Gasteiger partial charge in [-0.2, -0.15) is 5.10 Å². The Hall–Kier alpha value is -2.97. The first kappa shape index (κ1) is 21.3. The maximum atomic E-state index is 13.1. The molecule has 7 nitrogen and oxygen atoms in total. The summed E-state index contributed by atoms with van der Waals surface area (Å²) < 4.78 is 10.2. The number of rotatable bonds is 8. The minimum Gasteiger partial charge on any atom is -0.382 e. The number of carbonyl (C=O) groups is 1. The van der Waals surface area contributed by atoms with Gasteiger partial charge in [-0.15, -0.1) is 0 Å². The van der Waals surface area contributed by atoms with E-state index in [1.54, 1.807) is 10.9 Å². The number of anilines is 1. The Morgan fingerprint density at radius 3 is 2.71 bits per heavy atom. The van der Waals surface area contributed by atoms with Crippen LogP contribution >= 0.6 is 15.9 Å². The molecule has 0 atom stereocenters. The number of carbonyl (C=O) groups excluding carboxylic acids is 1. The van der Waals surface area contributed by atoms with Gasteiger partial charge in [-0.1, -0.05) is 28.1 Å². The summed E-state index contributed by atoms with van der Waals surface area (Å²) in [5.41, 5.74) is 3.99. The Labute approximate surface area is 189 Å². The van der Waals surface area contributed by atoms with Gasteiger partial charge >= 0.3 is 0 Å². The van der Waals surface area contributed by atoms with Gasteiger partial charge in [0, 0.05) is 24.2 Å². The molecule has 2 aromatic carbocycles. The average molecular weight is 482 g/mol. The number of para-hydroxylation sites is 2. The number of hydrogen-bond acceptors (Lipinski definition) is 4. The fourth-order valence-corrected chi connectivity index (χ4v) is 3.77. The van der Waals surface area contributed by atoms with Crippen molar-refractivity contribution in [2.24, 2.45) is 0 Å². The molecule has 8 heteroatoms. The van der Waals surface area contributed by atoms with Crippen LogP contribution in [0.15, 0.2) is 59.2 Å². The van der Waals surface area contributed by atoms with Gasteiger partial charge in [0.05, 0.1) is 34.2 Å². The number of nitrogens with zero attached hydrogens (tertiary/aromatic N) is 4. The highest BCUT2D eigenvalue weighted by atomic mass is 79.9. The molecule has 0 aliphatic heterocycles. The van der Waals surface area contributed by atoms with Crippen LogP contribution in [-0.4, -0.2) is 38.5 Å². The van der Waals surface area contributed by atoms with Crippen molar-refractivity contribution in [1.29, 1.82) is 0 Å². The van der Waals surface area contributed by atoms with E-state index in [4.69, 9.17) is 4.74 Å². The molecule has 0 bridgehead atoms. The Bertz CT molecular complexity index is 1200. The average Bonchev–Trinajstić information content (AvgIpc) is 3.32. The zero-order valence-electron chi connectivity index (χ0n) is 17.5. The predicted molar refractivity (Wildman–Crippen MR) is 125 cm³/mol. The van der Waals surface area contributed by atoms with Crippen LogP contribution in [0, 0.1) is 6.92 Å². The van der Waals surface area contributed by atoms with Crippen LogP contribution in [0.4, 0.5) is 5.95 Å². The maximum absolute atomic E-state index is 13.1. The molecule has 160 valence electrons. The van der Waals surface area contributed by atoms with Gasteiger partial charge in [0.2, 0.25) is 5.95 Å². The van der Waals surface area contributed by atoms with Crippen molar-refractivity contribution < 1.29 is 9.53 Å². The SMILES string of the molecule is CCOCCCn1c(NC(=O)c2cnn(-c3ccc(Br)cc3)c2C)nc2ccccc21. The van der Waals surface area contributed by atoms with Gasteiger partial charge < -0.3 is 9.30 Å². The molecule has 0 aliphatic carbocycles. The summed E-state index contributed by atoms with van der Waals surface area (Å²) in [5, 5.41) is 7.39. The smallest absolute Gasteiger partial charge is 0.261 e. The van der Waals surface area contributed by atoms with Crippen molar-refractivity contribution in [2.45, 2.75) is 26.8 Å². The van der Waals surface area contributed by atoms with Crippen LogP contribution in [0.5, 0.6) is 0 Å². The van der Waals surface area contributed by atoms with E-state index in [0.29, 0.717) is 31.3 Å². The van der Waals surface area contributed by atoms with Crippen molar-refractivity contribution in [2.75, 3.05) is 18.5 Å². The van der Waals surface area contributed by atoms with Crippen LogP contribution in [0.2, 0.25) is 0 Å². The Morgan fingerprint density at radius 1 is 1.16 bits per heavy atom. The molecule has 1 N–H and O–H groups in total. The number of hydrogen-bond donors (Lipinski definition) is 1. The molecule has 4 rings (SSSR count).